The number of hydroxylamine groups is 2. The minimum Gasteiger partial charge on any atom is -0.383 e. The predicted octanol–water partition coefficient (Wildman–Crippen LogP) is 4.01. The zero-order valence-electron chi connectivity index (χ0n) is 15.8. The van der Waals surface area contributed by atoms with Crippen LogP contribution in [0.3, 0.4) is 0 Å². The van der Waals surface area contributed by atoms with E-state index in [9.17, 15) is 4.39 Å². The van der Waals surface area contributed by atoms with Crippen LogP contribution in [0.15, 0.2) is 42.5 Å². The highest BCUT2D eigenvalue weighted by atomic mass is 35.5. The highest BCUT2D eigenvalue weighted by Gasteiger charge is 2.27. The molecule has 1 aliphatic rings. The molecule has 1 aliphatic heterocycles. The number of halogens is 2. The third kappa shape index (κ3) is 5.00. The van der Waals surface area contributed by atoms with Crippen molar-refractivity contribution in [2.24, 2.45) is 0 Å². The quantitative estimate of drug-likeness (QED) is 0.699. The van der Waals surface area contributed by atoms with Crippen molar-refractivity contribution in [3.8, 4) is 6.07 Å². The fraction of sp³-hybridized carbons (Fsp3) is 0.381. The monoisotopic (exact) mass is 403 g/mol. The van der Waals surface area contributed by atoms with Crippen molar-refractivity contribution in [1.29, 1.82) is 5.26 Å². The highest BCUT2D eigenvalue weighted by Crippen LogP contribution is 2.29. The molecule has 5 nitrogen and oxygen atoms in total. The van der Waals surface area contributed by atoms with Crippen LogP contribution in [-0.2, 0) is 16.1 Å². The zero-order chi connectivity index (χ0) is 19.9. The maximum atomic E-state index is 14.3. The molecule has 1 saturated heterocycles. The van der Waals surface area contributed by atoms with E-state index >= 15 is 0 Å². The molecule has 1 fully saturated rings. The zero-order valence-corrected chi connectivity index (χ0v) is 16.5. The largest absolute Gasteiger partial charge is 0.383 e. The molecule has 1 heterocycles. The summed E-state index contributed by atoms with van der Waals surface area (Å²) in [6.45, 7) is 2.87. The second-order valence-corrected chi connectivity index (χ2v) is 7.06. The molecule has 0 spiro atoms. The van der Waals surface area contributed by atoms with E-state index in [0.29, 0.717) is 49.0 Å². The summed E-state index contributed by atoms with van der Waals surface area (Å²) in [4.78, 5) is 7.85. The average Bonchev–Trinajstić information content (AvgIpc) is 2.72. The van der Waals surface area contributed by atoms with Crippen LogP contribution in [0.5, 0.6) is 0 Å². The van der Waals surface area contributed by atoms with Gasteiger partial charge in [-0.3, -0.25) is 4.84 Å². The lowest BCUT2D eigenvalue weighted by Gasteiger charge is -2.40. The van der Waals surface area contributed by atoms with Gasteiger partial charge in [0.1, 0.15) is 11.9 Å². The summed E-state index contributed by atoms with van der Waals surface area (Å²) in [5.41, 5.74) is 1.88. The Balaban J connectivity index is 1.89. The molecule has 2 aromatic carbocycles. The number of anilines is 1. The van der Waals surface area contributed by atoms with Gasteiger partial charge in [0.05, 0.1) is 23.8 Å². The van der Waals surface area contributed by atoms with Gasteiger partial charge in [-0.05, 0) is 30.7 Å². The second kappa shape index (κ2) is 9.85. The summed E-state index contributed by atoms with van der Waals surface area (Å²) in [7, 11) is 1.66. The van der Waals surface area contributed by atoms with E-state index < -0.39 is 0 Å². The first-order valence-corrected chi connectivity index (χ1v) is 9.56. The minimum atomic E-state index is -0.240. The Morgan fingerprint density at radius 2 is 2.18 bits per heavy atom. The summed E-state index contributed by atoms with van der Waals surface area (Å²) in [5, 5.41) is 11.4. The van der Waals surface area contributed by atoms with Crippen LogP contribution in [-0.4, -0.2) is 44.5 Å². The standard InChI is InChI=1S/C21H23ClFN3O2/c1-27-11-9-25-15-19(8-10-28-25)26(14-17-4-2-3-5-21(17)23)18-7-6-16(13-24)20(22)12-18/h2-7,12,19H,8-11,14-15H2,1H3/t19-/m0/s1. The van der Waals surface area contributed by atoms with E-state index in [0.717, 1.165) is 12.1 Å². The third-order valence-corrected chi connectivity index (χ3v) is 5.14. The van der Waals surface area contributed by atoms with Crippen LogP contribution in [0.2, 0.25) is 5.02 Å². The summed E-state index contributed by atoms with van der Waals surface area (Å²) in [6, 6.07) is 14.3. The third-order valence-electron chi connectivity index (χ3n) is 4.83. The van der Waals surface area contributed by atoms with Crippen LogP contribution in [0, 0.1) is 17.1 Å². The van der Waals surface area contributed by atoms with Gasteiger partial charge in [-0.25, -0.2) is 4.39 Å². The first-order valence-electron chi connectivity index (χ1n) is 9.19. The number of benzene rings is 2. The summed E-state index contributed by atoms with van der Waals surface area (Å²) in [5.74, 6) is -0.240. The summed E-state index contributed by atoms with van der Waals surface area (Å²) < 4.78 is 19.5. The molecule has 0 N–H and O–H groups in total. The number of rotatable bonds is 7. The molecule has 0 aromatic heterocycles. The predicted molar refractivity (Wildman–Crippen MR) is 107 cm³/mol. The first-order chi connectivity index (χ1) is 13.6. The number of hydrogen-bond donors (Lipinski definition) is 0. The van der Waals surface area contributed by atoms with Gasteiger partial charge in [-0.15, -0.1) is 0 Å². The Kier molecular flexibility index (Phi) is 7.24. The highest BCUT2D eigenvalue weighted by molar-refractivity contribution is 6.32. The Hall–Kier alpha value is -2.17. The average molecular weight is 404 g/mol. The summed E-state index contributed by atoms with van der Waals surface area (Å²) in [6.07, 6.45) is 0.801. The second-order valence-electron chi connectivity index (χ2n) is 6.65. The smallest absolute Gasteiger partial charge is 0.128 e. The maximum absolute atomic E-state index is 14.3. The number of methoxy groups -OCH3 is 1. The lowest BCUT2D eigenvalue weighted by Crippen LogP contribution is -2.49. The fourth-order valence-corrected chi connectivity index (χ4v) is 3.53. The normalized spacial score (nSPS) is 17.3. The van der Waals surface area contributed by atoms with Crippen molar-refractivity contribution >= 4 is 17.3 Å². The number of nitriles is 1. The SMILES string of the molecule is COCCN1C[C@@H](N(Cc2ccccc2F)c2ccc(C#N)c(Cl)c2)CCO1. The molecule has 0 saturated carbocycles. The number of ether oxygens (including phenoxy) is 1. The molecule has 0 amide bonds. The maximum Gasteiger partial charge on any atom is 0.128 e. The molecule has 148 valence electrons. The van der Waals surface area contributed by atoms with Gasteiger partial charge < -0.3 is 9.64 Å². The van der Waals surface area contributed by atoms with Gasteiger partial charge in [-0.1, -0.05) is 29.8 Å². The van der Waals surface area contributed by atoms with Crippen molar-refractivity contribution in [2.75, 3.05) is 38.3 Å². The van der Waals surface area contributed by atoms with Gasteiger partial charge in [0.25, 0.3) is 0 Å². The van der Waals surface area contributed by atoms with Gasteiger partial charge in [0, 0.05) is 44.0 Å². The molecule has 0 aliphatic carbocycles. The van der Waals surface area contributed by atoms with Crippen LogP contribution in [0.1, 0.15) is 17.5 Å². The lowest BCUT2D eigenvalue weighted by molar-refractivity contribution is -0.190. The minimum absolute atomic E-state index is 0.106. The molecule has 1 atom stereocenters. The van der Waals surface area contributed by atoms with Gasteiger partial charge >= 0.3 is 0 Å². The molecule has 0 bridgehead atoms. The van der Waals surface area contributed by atoms with Crippen LogP contribution in [0.25, 0.3) is 0 Å². The van der Waals surface area contributed by atoms with E-state index in [-0.39, 0.29) is 11.9 Å². The van der Waals surface area contributed by atoms with E-state index in [2.05, 4.69) is 11.0 Å². The topological polar surface area (TPSA) is 48.7 Å². The Morgan fingerprint density at radius 1 is 1.36 bits per heavy atom. The van der Waals surface area contributed by atoms with E-state index in [1.165, 1.54) is 6.07 Å². The number of hydrogen-bond acceptors (Lipinski definition) is 5. The van der Waals surface area contributed by atoms with Gasteiger partial charge in [0.2, 0.25) is 0 Å². The van der Waals surface area contributed by atoms with Gasteiger partial charge in [-0.2, -0.15) is 10.3 Å². The van der Waals surface area contributed by atoms with E-state index in [1.54, 1.807) is 31.4 Å². The van der Waals surface area contributed by atoms with Gasteiger partial charge in [0.15, 0.2) is 0 Å². The molecule has 2 aromatic rings. The van der Waals surface area contributed by atoms with Crippen molar-refractivity contribution in [2.45, 2.75) is 19.0 Å². The Labute approximate surface area is 169 Å². The van der Waals surface area contributed by atoms with Crippen molar-refractivity contribution < 1.29 is 14.0 Å². The van der Waals surface area contributed by atoms with Crippen LogP contribution < -0.4 is 4.90 Å². The first kappa shape index (κ1) is 20.6. The molecule has 3 rings (SSSR count). The Bertz CT molecular complexity index is 843. The van der Waals surface area contributed by atoms with Crippen molar-refractivity contribution in [3.05, 3.63) is 64.4 Å². The molecule has 0 unspecified atom stereocenters. The molecule has 28 heavy (non-hydrogen) atoms. The van der Waals surface area contributed by atoms with Crippen LogP contribution >= 0.6 is 11.6 Å². The Morgan fingerprint density at radius 3 is 2.89 bits per heavy atom. The molecular formula is C21H23ClFN3O2. The molecule has 7 heteroatoms. The van der Waals surface area contributed by atoms with Crippen molar-refractivity contribution in [1.82, 2.24) is 5.06 Å². The fourth-order valence-electron chi connectivity index (χ4n) is 3.31. The lowest BCUT2D eigenvalue weighted by atomic mass is 10.1. The molecule has 0 radical (unpaired) electrons. The van der Waals surface area contributed by atoms with E-state index in [4.69, 9.17) is 26.4 Å². The number of nitrogens with zero attached hydrogens (tertiary/aromatic N) is 3. The van der Waals surface area contributed by atoms with Crippen LogP contribution in [0.4, 0.5) is 10.1 Å². The van der Waals surface area contributed by atoms with Crippen molar-refractivity contribution in [3.63, 3.8) is 0 Å². The molecular weight excluding hydrogens is 381 g/mol. The summed E-state index contributed by atoms with van der Waals surface area (Å²) >= 11 is 6.27. The van der Waals surface area contributed by atoms with E-state index in [1.807, 2.05) is 17.2 Å².